The van der Waals surface area contributed by atoms with Crippen molar-refractivity contribution in [2.24, 2.45) is 5.73 Å². The van der Waals surface area contributed by atoms with Crippen LogP contribution in [0.3, 0.4) is 0 Å². The lowest BCUT2D eigenvalue weighted by Crippen LogP contribution is -2.19. The second-order valence-corrected chi connectivity index (χ2v) is 4.17. The van der Waals surface area contributed by atoms with E-state index in [1.807, 2.05) is 36.7 Å². The number of hydrogen-bond acceptors (Lipinski definition) is 3. The van der Waals surface area contributed by atoms with Gasteiger partial charge in [0, 0.05) is 18.9 Å². The number of nitrogens with two attached hydrogens (primary N) is 1. The molecule has 0 aliphatic carbocycles. The molecule has 1 unspecified atom stereocenters. The topological polar surface area (TPSA) is 56.7 Å². The van der Waals surface area contributed by atoms with Crippen molar-refractivity contribution >= 4 is 11.0 Å². The van der Waals surface area contributed by atoms with E-state index in [1.165, 1.54) is 0 Å². The second kappa shape index (κ2) is 4.58. The van der Waals surface area contributed by atoms with Crippen LogP contribution in [0.15, 0.2) is 55.1 Å². The number of aromatic nitrogens is 3. The predicted octanol–water partition coefficient (Wildman–Crippen LogP) is 1.98. The van der Waals surface area contributed by atoms with E-state index in [-0.39, 0.29) is 6.04 Å². The van der Waals surface area contributed by atoms with E-state index in [4.69, 9.17) is 5.73 Å². The second-order valence-electron chi connectivity index (χ2n) is 4.17. The van der Waals surface area contributed by atoms with Crippen LogP contribution in [0.2, 0.25) is 0 Å². The maximum absolute atomic E-state index is 5.92. The van der Waals surface area contributed by atoms with E-state index in [0.717, 1.165) is 16.6 Å². The summed E-state index contributed by atoms with van der Waals surface area (Å²) in [5, 5.41) is 0. The van der Waals surface area contributed by atoms with Crippen LogP contribution >= 0.6 is 0 Å². The number of pyridine rings is 1. The standard InChI is InChI=1S/C14H14N4/c15-9-14(11-5-7-16-8-6-11)18-10-17-12-3-1-2-4-13(12)18/h1-8,10,14H,9,15H2. The van der Waals surface area contributed by atoms with E-state index in [0.29, 0.717) is 6.54 Å². The molecule has 1 atom stereocenters. The van der Waals surface area contributed by atoms with Gasteiger partial charge in [-0.3, -0.25) is 4.98 Å². The van der Waals surface area contributed by atoms with Crippen molar-refractivity contribution in [3.63, 3.8) is 0 Å². The highest BCUT2D eigenvalue weighted by Crippen LogP contribution is 2.22. The van der Waals surface area contributed by atoms with E-state index in [1.54, 1.807) is 12.4 Å². The molecule has 0 aliphatic heterocycles. The van der Waals surface area contributed by atoms with Gasteiger partial charge in [0.05, 0.1) is 23.4 Å². The Labute approximate surface area is 105 Å². The van der Waals surface area contributed by atoms with Crippen LogP contribution in [0.25, 0.3) is 11.0 Å². The molecule has 2 N–H and O–H groups in total. The summed E-state index contributed by atoms with van der Waals surface area (Å²) in [5.74, 6) is 0. The molecule has 0 saturated carbocycles. The zero-order valence-electron chi connectivity index (χ0n) is 9.90. The average molecular weight is 238 g/mol. The molecule has 3 aromatic rings. The molecule has 18 heavy (non-hydrogen) atoms. The molecule has 2 aromatic heterocycles. The molecule has 90 valence electrons. The van der Waals surface area contributed by atoms with Crippen molar-refractivity contribution < 1.29 is 0 Å². The highest BCUT2D eigenvalue weighted by molar-refractivity contribution is 5.75. The number of rotatable bonds is 3. The van der Waals surface area contributed by atoms with Crippen LogP contribution in [0.1, 0.15) is 11.6 Å². The monoisotopic (exact) mass is 238 g/mol. The quantitative estimate of drug-likeness (QED) is 0.759. The number of fused-ring (bicyclic) bond motifs is 1. The average Bonchev–Trinajstić information content (AvgIpc) is 2.85. The molecule has 2 heterocycles. The minimum absolute atomic E-state index is 0.0976. The summed E-state index contributed by atoms with van der Waals surface area (Å²) in [5.41, 5.74) is 9.16. The van der Waals surface area contributed by atoms with Crippen LogP contribution < -0.4 is 5.73 Å². The fourth-order valence-electron chi connectivity index (χ4n) is 2.22. The van der Waals surface area contributed by atoms with Crippen molar-refractivity contribution in [3.05, 3.63) is 60.7 Å². The highest BCUT2D eigenvalue weighted by Gasteiger charge is 2.14. The molecule has 0 radical (unpaired) electrons. The van der Waals surface area contributed by atoms with Gasteiger partial charge in [-0.05, 0) is 29.8 Å². The Morgan fingerprint density at radius 1 is 1.11 bits per heavy atom. The molecule has 0 amide bonds. The minimum atomic E-state index is 0.0976. The SMILES string of the molecule is NCC(c1ccncc1)n1cnc2ccccc21. The molecule has 0 aliphatic rings. The van der Waals surface area contributed by atoms with Crippen molar-refractivity contribution in [3.8, 4) is 0 Å². The molecule has 4 nitrogen and oxygen atoms in total. The van der Waals surface area contributed by atoms with Crippen molar-refractivity contribution in [2.75, 3.05) is 6.54 Å². The Morgan fingerprint density at radius 2 is 1.89 bits per heavy atom. The maximum Gasteiger partial charge on any atom is 0.0964 e. The van der Waals surface area contributed by atoms with Gasteiger partial charge in [0.2, 0.25) is 0 Å². The van der Waals surface area contributed by atoms with Crippen LogP contribution in [0.4, 0.5) is 0 Å². The van der Waals surface area contributed by atoms with Crippen LogP contribution in [-0.2, 0) is 0 Å². The first-order valence-electron chi connectivity index (χ1n) is 5.91. The van der Waals surface area contributed by atoms with Gasteiger partial charge in [-0.25, -0.2) is 4.98 Å². The summed E-state index contributed by atoms with van der Waals surface area (Å²) in [6, 6.07) is 12.2. The van der Waals surface area contributed by atoms with Crippen LogP contribution in [0, 0.1) is 0 Å². The van der Waals surface area contributed by atoms with Gasteiger partial charge in [-0.2, -0.15) is 0 Å². The lowest BCUT2D eigenvalue weighted by molar-refractivity contribution is 0.609. The summed E-state index contributed by atoms with van der Waals surface area (Å²) < 4.78 is 2.12. The minimum Gasteiger partial charge on any atom is -0.328 e. The summed E-state index contributed by atoms with van der Waals surface area (Å²) in [6.07, 6.45) is 5.43. The zero-order chi connectivity index (χ0) is 12.4. The smallest absolute Gasteiger partial charge is 0.0964 e. The van der Waals surface area contributed by atoms with E-state index in [9.17, 15) is 0 Å². The maximum atomic E-state index is 5.92. The fraction of sp³-hybridized carbons (Fsp3) is 0.143. The van der Waals surface area contributed by atoms with Gasteiger partial charge in [-0.1, -0.05) is 12.1 Å². The molecule has 0 spiro atoms. The first kappa shape index (κ1) is 10.9. The molecule has 0 saturated heterocycles. The number of benzene rings is 1. The number of imidazole rings is 1. The Hall–Kier alpha value is -2.20. The molecular formula is C14H14N4. The van der Waals surface area contributed by atoms with Gasteiger partial charge in [0.1, 0.15) is 0 Å². The number of hydrogen-bond donors (Lipinski definition) is 1. The van der Waals surface area contributed by atoms with Crippen LogP contribution in [0.5, 0.6) is 0 Å². The highest BCUT2D eigenvalue weighted by atomic mass is 15.1. The summed E-state index contributed by atoms with van der Waals surface area (Å²) in [4.78, 5) is 8.44. The number of para-hydroxylation sites is 2. The normalized spacial score (nSPS) is 12.7. The molecular weight excluding hydrogens is 224 g/mol. The Balaban J connectivity index is 2.12. The van der Waals surface area contributed by atoms with Gasteiger partial charge in [0.25, 0.3) is 0 Å². The Morgan fingerprint density at radius 3 is 2.67 bits per heavy atom. The molecule has 4 heteroatoms. The zero-order valence-corrected chi connectivity index (χ0v) is 9.90. The third kappa shape index (κ3) is 1.76. The third-order valence-electron chi connectivity index (χ3n) is 3.13. The van der Waals surface area contributed by atoms with E-state index >= 15 is 0 Å². The van der Waals surface area contributed by atoms with Crippen molar-refractivity contribution in [1.29, 1.82) is 0 Å². The Bertz CT molecular complexity index is 645. The Kier molecular flexibility index (Phi) is 2.78. The first-order chi connectivity index (χ1) is 8.90. The number of nitrogens with zero attached hydrogens (tertiary/aromatic N) is 3. The largest absolute Gasteiger partial charge is 0.328 e. The first-order valence-corrected chi connectivity index (χ1v) is 5.91. The van der Waals surface area contributed by atoms with Gasteiger partial charge in [0.15, 0.2) is 0 Å². The fourth-order valence-corrected chi connectivity index (χ4v) is 2.22. The summed E-state index contributed by atoms with van der Waals surface area (Å²) in [7, 11) is 0. The van der Waals surface area contributed by atoms with Crippen LogP contribution in [-0.4, -0.2) is 21.1 Å². The van der Waals surface area contributed by atoms with Gasteiger partial charge >= 0.3 is 0 Å². The molecule has 1 aromatic carbocycles. The van der Waals surface area contributed by atoms with Gasteiger partial charge in [-0.15, -0.1) is 0 Å². The summed E-state index contributed by atoms with van der Waals surface area (Å²) in [6.45, 7) is 0.532. The lowest BCUT2D eigenvalue weighted by Gasteiger charge is -2.17. The molecule has 0 bridgehead atoms. The molecule has 3 rings (SSSR count). The predicted molar refractivity (Wildman–Crippen MR) is 71.2 cm³/mol. The summed E-state index contributed by atoms with van der Waals surface area (Å²) >= 11 is 0. The van der Waals surface area contributed by atoms with E-state index < -0.39 is 0 Å². The van der Waals surface area contributed by atoms with Crippen molar-refractivity contribution in [1.82, 2.24) is 14.5 Å². The third-order valence-corrected chi connectivity index (χ3v) is 3.13. The van der Waals surface area contributed by atoms with Crippen molar-refractivity contribution in [2.45, 2.75) is 6.04 Å². The van der Waals surface area contributed by atoms with Gasteiger partial charge < -0.3 is 10.3 Å². The molecule has 0 fully saturated rings. The lowest BCUT2D eigenvalue weighted by atomic mass is 10.1. The van der Waals surface area contributed by atoms with E-state index in [2.05, 4.69) is 20.6 Å².